The molecule has 2 heterocycles. The molecule has 0 aliphatic carbocycles. The van der Waals surface area contributed by atoms with Gasteiger partial charge in [0.15, 0.2) is 0 Å². The predicted octanol–water partition coefficient (Wildman–Crippen LogP) is 3.26. The number of likely N-dealkylation sites (tertiary alicyclic amines) is 1. The third-order valence-corrected chi connectivity index (χ3v) is 5.13. The number of carboxylic acids is 2. The third-order valence-electron chi connectivity index (χ3n) is 5.13. The minimum atomic E-state index is -5.08. The van der Waals surface area contributed by atoms with Crippen molar-refractivity contribution in [3.05, 3.63) is 29.8 Å². The van der Waals surface area contributed by atoms with E-state index in [-0.39, 0.29) is 0 Å². The molecule has 0 saturated carbocycles. The highest BCUT2D eigenvalue weighted by molar-refractivity contribution is 5.73. The van der Waals surface area contributed by atoms with Crippen LogP contribution in [-0.4, -0.2) is 95.8 Å². The van der Waals surface area contributed by atoms with E-state index in [0.29, 0.717) is 18.2 Å². The highest BCUT2D eigenvalue weighted by Gasteiger charge is 2.41. The maximum absolute atomic E-state index is 10.6. The van der Waals surface area contributed by atoms with E-state index in [1.54, 1.807) is 7.11 Å². The molecule has 0 radical (unpaired) electrons. The van der Waals surface area contributed by atoms with E-state index in [0.717, 1.165) is 38.5 Å². The summed E-state index contributed by atoms with van der Waals surface area (Å²) in [4.78, 5) is 22.9. The van der Waals surface area contributed by atoms with Crippen molar-refractivity contribution in [1.29, 1.82) is 0 Å². The molecule has 2 aliphatic rings. The topological polar surface area (TPSA) is 99.5 Å². The molecule has 200 valence electrons. The maximum atomic E-state index is 10.6. The van der Waals surface area contributed by atoms with Crippen molar-refractivity contribution in [1.82, 2.24) is 9.80 Å². The number of carbonyl (C=O) groups is 2. The Bertz CT molecular complexity index is 792. The second kappa shape index (κ2) is 12.9. The molecule has 1 aromatic carbocycles. The van der Waals surface area contributed by atoms with E-state index in [4.69, 9.17) is 29.3 Å². The van der Waals surface area contributed by atoms with Gasteiger partial charge in [-0.25, -0.2) is 9.59 Å². The van der Waals surface area contributed by atoms with Crippen molar-refractivity contribution in [3.8, 4) is 5.75 Å². The first-order valence-electron chi connectivity index (χ1n) is 10.4. The predicted molar refractivity (Wildman–Crippen MR) is 111 cm³/mol. The van der Waals surface area contributed by atoms with Crippen LogP contribution in [0.4, 0.5) is 26.3 Å². The highest BCUT2D eigenvalue weighted by Crippen LogP contribution is 2.26. The zero-order chi connectivity index (χ0) is 27.0. The Balaban J connectivity index is 0.000000362. The summed E-state index contributed by atoms with van der Waals surface area (Å²) in [5.41, 5.74) is 1.34. The summed E-state index contributed by atoms with van der Waals surface area (Å²) in [6.45, 7) is 9.65. The lowest BCUT2D eigenvalue weighted by atomic mass is 10.1. The standard InChI is InChI=1S/C17H26N2O2.2C2HF3O2/c1-13(2)19-8-9-21-17-12-18(11-16(17)19)10-14-4-6-15(20-3)7-5-14;2*3-2(4,5)1(6)7/h4-7,13,16-17H,8-12H2,1-3H3;2*(H,6,7)/t16-,17+;;/m1../s1. The van der Waals surface area contributed by atoms with Crippen LogP contribution >= 0.6 is 0 Å². The van der Waals surface area contributed by atoms with Gasteiger partial charge in [-0.15, -0.1) is 0 Å². The molecule has 2 atom stereocenters. The molecule has 0 unspecified atom stereocenters. The number of benzene rings is 1. The van der Waals surface area contributed by atoms with Gasteiger partial charge in [-0.05, 0) is 31.5 Å². The fourth-order valence-electron chi connectivity index (χ4n) is 3.55. The van der Waals surface area contributed by atoms with E-state index in [2.05, 4.69) is 35.8 Å². The Morgan fingerprint density at radius 2 is 1.51 bits per heavy atom. The lowest BCUT2D eigenvalue weighted by Crippen LogP contribution is -2.53. The van der Waals surface area contributed by atoms with Gasteiger partial charge in [0.05, 0.1) is 25.9 Å². The fraction of sp³-hybridized carbons (Fsp3) is 0.619. The zero-order valence-electron chi connectivity index (χ0n) is 19.3. The Morgan fingerprint density at radius 3 is 1.91 bits per heavy atom. The summed E-state index contributed by atoms with van der Waals surface area (Å²) in [6, 6.07) is 9.54. The van der Waals surface area contributed by atoms with Crippen LogP contribution in [0.15, 0.2) is 24.3 Å². The van der Waals surface area contributed by atoms with Gasteiger partial charge in [0.25, 0.3) is 0 Å². The second-order valence-corrected chi connectivity index (χ2v) is 7.96. The lowest BCUT2D eigenvalue weighted by molar-refractivity contribution is -0.193. The van der Waals surface area contributed by atoms with Crippen LogP contribution in [0.3, 0.4) is 0 Å². The normalized spacial score (nSPS) is 20.7. The number of ether oxygens (including phenoxy) is 2. The molecule has 3 rings (SSSR count). The molecule has 0 bridgehead atoms. The van der Waals surface area contributed by atoms with Crippen molar-refractivity contribution < 1.29 is 55.6 Å². The van der Waals surface area contributed by atoms with Gasteiger partial charge in [0.1, 0.15) is 5.75 Å². The SMILES string of the molecule is COc1ccc(CN2C[C@@H]3OCCN(C(C)C)[C@@H]3C2)cc1.O=C(O)C(F)(F)F.O=C(O)C(F)(F)F. The number of fused-ring (bicyclic) bond motifs is 1. The smallest absolute Gasteiger partial charge is 0.490 e. The van der Waals surface area contributed by atoms with Crippen LogP contribution in [-0.2, 0) is 20.9 Å². The van der Waals surface area contributed by atoms with Crippen LogP contribution in [0.1, 0.15) is 19.4 Å². The van der Waals surface area contributed by atoms with Crippen LogP contribution in [0.2, 0.25) is 0 Å². The highest BCUT2D eigenvalue weighted by atomic mass is 19.4. The van der Waals surface area contributed by atoms with Gasteiger partial charge in [-0.1, -0.05) is 12.1 Å². The van der Waals surface area contributed by atoms with Crippen molar-refractivity contribution in [2.45, 2.75) is 50.9 Å². The van der Waals surface area contributed by atoms with Crippen LogP contribution in [0.25, 0.3) is 0 Å². The third kappa shape index (κ3) is 10.3. The Hall–Kier alpha value is -2.58. The molecule has 8 nitrogen and oxygen atoms in total. The minimum absolute atomic E-state index is 0.374. The molecule has 0 aromatic heterocycles. The lowest BCUT2D eigenvalue weighted by Gasteiger charge is -2.39. The number of hydrogen-bond acceptors (Lipinski definition) is 6. The first-order chi connectivity index (χ1) is 16.1. The van der Waals surface area contributed by atoms with Crippen molar-refractivity contribution in [3.63, 3.8) is 0 Å². The number of aliphatic carboxylic acids is 2. The van der Waals surface area contributed by atoms with E-state index < -0.39 is 24.3 Å². The van der Waals surface area contributed by atoms with Crippen molar-refractivity contribution in [2.24, 2.45) is 0 Å². The molecular weight excluding hydrogens is 490 g/mol. The summed E-state index contributed by atoms with van der Waals surface area (Å²) in [5, 5.41) is 14.2. The van der Waals surface area contributed by atoms with Crippen molar-refractivity contribution in [2.75, 3.05) is 33.4 Å². The molecule has 2 N–H and O–H groups in total. The number of hydrogen-bond donors (Lipinski definition) is 2. The summed E-state index contributed by atoms with van der Waals surface area (Å²) >= 11 is 0. The van der Waals surface area contributed by atoms with Crippen LogP contribution < -0.4 is 4.74 Å². The van der Waals surface area contributed by atoms with Crippen molar-refractivity contribution >= 4 is 11.9 Å². The number of rotatable bonds is 4. The van der Waals surface area contributed by atoms with Crippen LogP contribution in [0.5, 0.6) is 5.75 Å². The number of methoxy groups -OCH3 is 1. The molecule has 14 heteroatoms. The monoisotopic (exact) mass is 518 g/mol. The molecule has 35 heavy (non-hydrogen) atoms. The minimum Gasteiger partial charge on any atom is -0.497 e. The van der Waals surface area contributed by atoms with E-state index in [1.807, 2.05) is 12.1 Å². The van der Waals surface area contributed by atoms with E-state index in [1.165, 1.54) is 5.56 Å². The van der Waals surface area contributed by atoms with Gasteiger partial charge in [0.2, 0.25) is 0 Å². The van der Waals surface area contributed by atoms with Gasteiger partial charge in [0, 0.05) is 32.2 Å². The first kappa shape index (κ1) is 30.5. The number of alkyl halides is 6. The quantitative estimate of drug-likeness (QED) is 0.587. The molecule has 2 aliphatic heterocycles. The fourth-order valence-corrected chi connectivity index (χ4v) is 3.55. The molecule has 0 amide bonds. The summed E-state index contributed by atoms with van der Waals surface area (Å²) < 4.78 is 74.7. The summed E-state index contributed by atoms with van der Waals surface area (Å²) in [7, 11) is 1.71. The van der Waals surface area contributed by atoms with Gasteiger partial charge < -0.3 is 19.7 Å². The second-order valence-electron chi connectivity index (χ2n) is 7.96. The Kier molecular flexibility index (Phi) is 11.2. The Labute approximate surface area is 198 Å². The average Bonchev–Trinajstić information content (AvgIpc) is 3.16. The van der Waals surface area contributed by atoms with E-state index in [9.17, 15) is 26.3 Å². The van der Waals surface area contributed by atoms with Gasteiger partial charge in [-0.3, -0.25) is 9.80 Å². The van der Waals surface area contributed by atoms with E-state index >= 15 is 0 Å². The summed E-state index contributed by atoms with van der Waals surface area (Å²) in [6.07, 6.45) is -9.79. The largest absolute Gasteiger partial charge is 0.497 e. The number of morpholine rings is 1. The van der Waals surface area contributed by atoms with Gasteiger partial charge >= 0.3 is 24.3 Å². The van der Waals surface area contributed by atoms with Crippen LogP contribution in [0, 0.1) is 0 Å². The molecule has 1 aromatic rings. The van der Waals surface area contributed by atoms with Gasteiger partial charge in [-0.2, -0.15) is 26.3 Å². The molecule has 0 spiro atoms. The molecular formula is C21H28F6N2O6. The Morgan fingerprint density at radius 1 is 1.03 bits per heavy atom. The summed E-state index contributed by atoms with van der Waals surface area (Å²) in [5.74, 6) is -4.59. The number of nitrogens with zero attached hydrogens (tertiary/aromatic N) is 2. The maximum Gasteiger partial charge on any atom is 0.490 e. The first-order valence-corrected chi connectivity index (χ1v) is 10.4. The number of carboxylic acid groups (broad SMARTS) is 2. The number of halogens is 6. The zero-order valence-corrected chi connectivity index (χ0v) is 19.3. The average molecular weight is 518 g/mol. The molecule has 2 saturated heterocycles. The molecule has 2 fully saturated rings.